The third-order valence-corrected chi connectivity index (χ3v) is 5.11. The summed E-state index contributed by atoms with van der Waals surface area (Å²) in [5.41, 5.74) is -3.50. The van der Waals surface area contributed by atoms with Crippen LogP contribution in [0.1, 0.15) is 47.8 Å². The Morgan fingerprint density at radius 1 is 1.06 bits per heavy atom. The summed E-state index contributed by atoms with van der Waals surface area (Å²) in [5, 5.41) is 4.10. The van der Waals surface area contributed by atoms with Gasteiger partial charge in [-0.1, -0.05) is 19.8 Å². The molecule has 2 heterocycles. The van der Waals surface area contributed by atoms with E-state index in [0.717, 1.165) is 31.0 Å². The van der Waals surface area contributed by atoms with Crippen molar-refractivity contribution in [2.75, 3.05) is 11.9 Å². The number of rotatable bonds is 7. The number of carbonyl (C=O) groups is 1. The van der Waals surface area contributed by atoms with E-state index >= 15 is 0 Å². The minimum absolute atomic E-state index is 0.0220. The van der Waals surface area contributed by atoms with Gasteiger partial charge in [0.25, 0.3) is 5.91 Å². The van der Waals surface area contributed by atoms with Crippen molar-refractivity contribution in [2.45, 2.75) is 38.5 Å². The minimum atomic E-state index is -4.95. The Bertz CT molecular complexity index is 1260. The Morgan fingerprint density at radius 2 is 1.81 bits per heavy atom. The molecule has 0 aliphatic heterocycles. The lowest BCUT2D eigenvalue weighted by Crippen LogP contribution is -2.35. The van der Waals surface area contributed by atoms with Crippen LogP contribution in [-0.4, -0.2) is 27.6 Å². The van der Waals surface area contributed by atoms with Crippen LogP contribution in [0.5, 0.6) is 5.75 Å². The average Bonchev–Trinajstić information content (AvgIpc) is 2.80. The van der Waals surface area contributed by atoms with Crippen LogP contribution in [-0.2, 0) is 12.4 Å². The number of fused-ring (bicyclic) bond motifs is 1. The van der Waals surface area contributed by atoms with Crippen molar-refractivity contribution in [3.8, 4) is 5.75 Å². The maximum atomic E-state index is 13.5. The van der Waals surface area contributed by atoms with Gasteiger partial charge in [0.1, 0.15) is 5.75 Å². The van der Waals surface area contributed by atoms with E-state index in [9.17, 15) is 31.1 Å². The second kappa shape index (κ2) is 11.1. The van der Waals surface area contributed by atoms with Gasteiger partial charge in [-0.3, -0.25) is 15.1 Å². The van der Waals surface area contributed by atoms with Crippen LogP contribution in [0.3, 0.4) is 0 Å². The Balaban J connectivity index is 1.80. The molecule has 13 heteroatoms. The highest BCUT2D eigenvalue weighted by Crippen LogP contribution is 2.38. The van der Waals surface area contributed by atoms with E-state index in [0.29, 0.717) is 6.42 Å². The largest absolute Gasteiger partial charge is 0.493 e. The van der Waals surface area contributed by atoms with E-state index < -0.39 is 40.2 Å². The molecule has 0 saturated carbocycles. The van der Waals surface area contributed by atoms with E-state index in [4.69, 9.17) is 17.0 Å². The van der Waals surface area contributed by atoms with Crippen LogP contribution in [0.2, 0.25) is 0 Å². The molecular weight excluding hydrogens is 510 g/mol. The maximum absolute atomic E-state index is 13.5. The topological polar surface area (TPSA) is 76.1 Å². The predicted octanol–water partition coefficient (Wildman–Crippen LogP) is 6.36. The normalized spacial score (nSPS) is 11.9. The highest BCUT2D eigenvalue weighted by molar-refractivity contribution is 7.80. The third kappa shape index (κ3) is 6.80. The number of aromatic nitrogens is 2. The van der Waals surface area contributed by atoms with Crippen LogP contribution in [0.4, 0.5) is 32.0 Å². The molecule has 2 aromatic heterocycles. The quantitative estimate of drug-likeness (QED) is 0.210. The molecule has 0 bridgehead atoms. The second-order valence-corrected chi connectivity index (χ2v) is 8.03. The van der Waals surface area contributed by atoms with Gasteiger partial charge >= 0.3 is 12.4 Å². The number of anilines is 1. The Morgan fingerprint density at radius 3 is 2.47 bits per heavy atom. The zero-order valence-electron chi connectivity index (χ0n) is 18.8. The fourth-order valence-corrected chi connectivity index (χ4v) is 3.44. The molecule has 0 aliphatic rings. The fraction of sp³-hybridized carbons (Fsp3) is 0.304. The first-order chi connectivity index (χ1) is 16.9. The molecule has 0 saturated heterocycles. The average molecular weight is 530 g/mol. The fourth-order valence-electron chi connectivity index (χ4n) is 3.23. The summed E-state index contributed by atoms with van der Waals surface area (Å²) in [6, 6.07) is 5.30. The van der Waals surface area contributed by atoms with Crippen LogP contribution >= 0.6 is 12.2 Å². The maximum Gasteiger partial charge on any atom is 0.434 e. The molecule has 3 aromatic rings. The Labute approximate surface area is 207 Å². The van der Waals surface area contributed by atoms with Crippen LogP contribution in [0.15, 0.2) is 42.7 Å². The van der Waals surface area contributed by atoms with E-state index in [2.05, 4.69) is 20.6 Å². The molecule has 2 N–H and O–H groups in total. The van der Waals surface area contributed by atoms with Gasteiger partial charge in [-0.25, -0.2) is 4.98 Å². The molecular formula is C23H20F6N4O2S. The summed E-state index contributed by atoms with van der Waals surface area (Å²) in [6.45, 7) is 2.05. The van der Waals surface area contributed by atoms with E-state index in [1.807, 2.05) is 6.92 Å². The number of benzene rings is 1. The number of unbranched alkanes of at least 4 members (excludes halogenated alkanes) is 2. The van der Waals surface area contributed by atoms with E-state index in [1.54, 1.807) is 0 Å². The van der Waals surface area contributed by atoms with Gasteiger partial charge in [-0.15, -0.1) is 0 Å². The van der Waals surface area contributed by atoms with Gasteiger partial charge in [-0.05, 0) is 49.0 Å². The molecule has 36 heavy (non-hydrogen) atoms. The number of hydrogen-bond donors (Lipinski definition) is 2. The Kier molecular flexibility index (Phi) is 8.33. The molecule has 1 amide bonds. The minimum Gasteiger partial charge on any atom is -0.493 e. The number of alkyl halides is 6. The number of hydrogen-bond acceptors (Lipinski definition) is 5. The number of ether oxygens (including phenoxy) is 1. The molecule has 6 nitrogen and oxygen atoms in total. The standard InChI is InChI=1S/C23H20F6N4O2S/c1-2-3-4-9-35-18-6-5-14(11-16(18)22(24,25)26)31-21(36)33-20(34)15-10-13-12-30-8-7-17(13)32-19(15)23(27,28)29/h5-8,10-12H,2-4,9H2,1H3,(H2,31,33,34,36). The van der Waals surface area contributed by atoms with Gasteiger partial charge in [-0.2, -0.15) is 26.3 Å². The molecule has 0 unspecified atom stereocenters. The molecule has 0 fully saturated rings. The summed E-state index contributed by atoms with van der Waals surface area (Å²) < 4.78 is 86.4. The van der Waals surface area contributed by atoms with Crippen molar-refractivity contribution in [1.29, 1.82) is 0 Å². The smallest absolute Gasteiger partial charge is 0.434 e. The highest BCUT2D eigenvalue weighted by Gasteiger charge is 2.38. The van der Waals surface area contributed by atoms with Crippen LogP contribution in [0, 0.1) is 0 Å². The lowest BCUT2D eigenvalue weighted by Gasteiger charge is -2.17. The van der Waals surface area contributed by atoms with Crippen molar-refractivity contribution >= 4 is 39.8 Å². The molecule has 1 aromatic carbocycles. The lowest BCUT2D eigenvalue weighted by atomic mass is 10.1. The number of carbonyl (C=O) groups excluding carboxylic acids is 1. The number of nitrogens with one attached hydrogen (secondary N) is 2. The van der Waals surface area contributed by atoms with Gasteiger partial charge < -0.3 is 10.1 Å². The summed E-state index contributed by atoms with van der Waals surface area (Å²) in [6.07, 6.45) is -4.94. The van der Waals surface area contributed by atoms with Gasteiger partial charge in [0, 0.05) is 23.5 Å². The number of halogens is 6. The highest BCUT2D eigenvalue weighted by atomic mass is 32.1. The zero-order chi connectivity index (χ0) is 26.5. The molecule has 0 radical (unpaired) electrons. The summed E-state index contributed by atoms with van der Waals surface area (Å²) in [4.78, 5) is 19.9. The van der Waals surface area contributed by atoms with Crippen molar-refractivity contribution in [2.24, 2.45) is 0 Å². The van der Waals surface area contributed by atoms with Gasteiger partial charge in [0.05, 0.1) is 23.3 Å². The van der Waals surface area contributed by atoms with E-state index in [-0.39, 0.29) is 28.9 Å². The lowest BCUT2D eigenvalue weighted by molar-refractivity contribution is -0.141. The first kappa shape index (κ1) is 27.1. The first-order valence-electron chi connectivity index (χ1n) is 10.7. The third-order valence-electron chi connectivity index (χ3n) is 4.90. The molecule has 0 aliphatic carbocycles. The van der Waals surface area contributed by atoms with Crippen molar-refractivity contribution in [3.05, 3.63) is 59.5 Å². The van der Waals surface area contributed by atoms with Crippen LogP contribution in [0.25, 0.3) is 10.9 Å². The Hall–Kier alpha value is -3.48. The van der Waals surface area contributed by atoms with E-state index in [1.165, 1.54) is 24.5 Å². The predicted molar refractivity (Wildman–Crippen MR) is 125 cm³/mol. The van der Waals surface area contributed by atoms with Crippen molar-refractivity contribution < 1.29 is 35.9 Å². The van der Waals surface area contributed by atoms with Crippen LogP contribution < -0.4 is 15.4 Å². The number of nitrogens with zero attached hydrogens (tertiary/aromatic N) is 2. The SMILES string of the molecule is CCCCCOc1ccc(NC(=S)NC(=O)c2cc3cnccc3nc2C(F)(F)F)cc1C(F)(F)F. The van der Waals surface area contributed by atoms with Crippen molar-refractivity contribution in [1.82, 2.24) is 15.3 Å². The monoisotopic (exact) mass is 530 g/mol. The zero-order valence-corrected chi connectivity index (χ0v) is 19.6. The molecule has 0 spiro atoms. The van der Waals surface area contributed by atoms with Crippen molar-refractivity contribution in [3.63, 3.8) is 0 Å². The molecule has 3 rings (SSSR count). The number of pyridine rings is 2. The number of thiocarbonyl (C=S) groups is 1. The summed E-state index contributed by atoms with van der Waals surface area (Å²) in [7, 11) is 0. The van der Waals surface area contributed by atoms with Gasteiger partial charge in [0.15, 0.2) is 10.8 Å². The molecule has 0 atom stereocenters. The number of amides is 1. The second-order valence-electron chi connectivity index (χ2n) is 7.62. The summed E-state index contributed by atoms with van der Waals surface area (Å²) >= 11 is 4.94. The van der Waals surface area contributed by atoms with Gasteiger partial charge in [0.2, 0.25) is 0 Å². The molecule has 192 valence electrons. The first-order valence-corrected chi connectivity index (χ1v) is 11.1. The summed E-state index contributed by atoms with van der Waals surface area (Å²) in [5.74, 6) is -1.62.